The Bertz CT molecular complexity index is 155. The molecule has 1 heterocycles. The number of carboxylic acid groups (broad SMARTS) is 1. The van der Waals surface area contributed by atoms with Crippen LogP contribution in [0.1, 0.15) is 39.5 Å². The average molecular weight is 244 g/mol. The normalized spacial score (nSPS) is 20.1. The number of unbranched alkanes of at least 4 members (excludes halogenated alkanes) is 1. The summed E-state index contributed by atoms with van der Waals surface area (Å²) < 4.78 is 13.0. The number of aliphatic carboxylic acids is 1. The Morgan fingerprint density at radius 2 is 2.29 bits per heavy atom. The van der Waals surface area contributed by atoms with Crippen LogP contribution in [0.25, 0.3) is 0 Å². The van der Waals surface area contributed by atoms with E-state index in [0.29, 0.717) is 6.42 Å². The number of hydrogen-bond acceptors (Lipinski definition) is 3. The van der Waals surface area contributed by atoms with Gasteiger partial charge in [-0.25, -0.2) is 0 Å². The summed E-state index contributed by atoms with van der Waals surface area (Å²) in [5, 5.41) is 9.19. The Hall–Kier alpha value is 0.1000. The number of hydrogen-bond donors (Lipinski definition) is 1. The van der Waals surface area contributed by atoms with Gasteiger partial charge in [-0.05, 0) is 19.3 Å². The predicted octanol–water partition coefficient (Wildman–Crippen LogP) is 3.57. The molecule has 0 spiro atoms. The Kier molecular flexibility index (Phi) is 9.72. The van der Waals surface area contributed by atoms with Crippen LogP contribution in [0.2, 0.25) is 0 Å². The first kappa shape index (κ1) is 14.1. The van der Waals surface area contributed by atoms with E-state index < -0.39 is 5.97 Å². The lowest BCUT2D eigenvalue weighted by molar-refractivity contribution is -0.137. The first-order chi connectivity index (χ1) is 6.79. The summed E-state index contributed by atoms with van der Waals surface area (Å²) in [5.41, 5.74) is 0. The Balaban J connectivity index is 0. The van der Waals surface area contributed by atoms with Crippen molar-refractivity contribution < 1.29 is 14.6 Å². The monoisotopic (exact) mass is 244 g/mol. The van der Waals surface area contributed by atoms with Crippen LogP contribution in [-0.2, 0) is 4.79 Å². The summed E-state index contributed by atoms with van der Waals surface area (Å²) in [5.74, 6) is 0.609. The van der Waals surface area contributed by atoms with Gasteiger partial charge in [0.15, 0.2) is 0 Å². The highest BCUT2D eigenvalue weighted by molar-refractivity contribution is 8.77. The molecule has 0 radical (unpaired) electrons. The highest BCUT2D eigenvalue weighted by Crippen LogP contribution is 2.39. The van der Waals surface area contributed by atoms with Crippen molar-refractivity contribution in [3.05, 3.63) is 0 Å². The molecule has 0 bridgehead atoms. The number of carboxylic acids is 1. The summed E-state index contributed by atoms with van der Waals surface area (Å²) in [4.78, 5) is 10.2. The van der Waals surface area contributed by atoms with Crippen molar-refractivity contribution in [1.82, 2.24) is 0 Å². The molecular formula is C9H19FO2S2. The third kappa shape index (κ3) is 7.50. The fourth-order valence-corrected chi connectivity index (χ4v) is 4.24. The van der Waals surface area contributed by atoms with Gasteiger partial charge in [-0.1, -0.05) is 35.4 Å². The van der Waals surface area contributed by atoms with Crippen molar-refractivity contribution in [2.24, 2.45) is 0 Å². The van der Waals surface area contributed by atoms with Gasteiger partial charge in [0.2, 0.25) is 0 Å². The van der Waals surface area contributed by atoms with Crippen LogP contribution in [0.3, 0.4) is 0 Å². The highest BCUT2D eigenvalue weighted by atomic mass is 33.1. The van der Waals surface area contributed by atoms with Gasteiger partial charge in [0.1, 0.15) is 0 Å². The van der Waals surface area contributed by atoms with E-state index in [0.717, 1.165) is 18.1 Å². The van der Waals surface area contributed by atoms with Crippen LogP contribution < -0.4 is 0 Å². The van der Waals surface area contributed by atoms with Gasteiger partial charge < -0.3 is 5.11 Å². The van der Waals surface area contributed by atoms with E-state index in [-0.39, 0.29) is 7.43 Å². The number of carbonyl (C=O) groups is 1. The SMILES string of the molecule is C.O=C(O)CCCCC1CCSS1.[3H]F. The summed E-state index contributed by atoms with van der Waals surface area (Å²) in [6, 6.07) is 0. The summed E-state index contributed by atoms with van der Waals surface area (Å²) in [7, 11) is 3.92. The van der Waals surface area contributed by atoms with Crippen molar-refractivity contribution in [3.63, 3.8) is 0 Å². The average Bonchev–Trinajstić information content (AvgIpc) is 2.68. The first-order valence-corrected chi connectivity index (χ1v) is 6.67. The molecule has 0 aromatic carbocycles. The van der Waals surface area contributed by atoms with E-state index in [1.807, 2.05) is 21.6 Å². The molecule has 1 aliphatic rings. The van der Waals surface area contributed by atoms with Crippen molar-refractivity contribution in [1.29, 1.82) is 1.45 Å². The second-order valence-electron chi connectivity index (χ2n) is 2.97. The standard InChI is InChI=1S/C8H14O2S2.CH4.FH/c9-8(10)4-2-1-3-7-5-6-11-12-7;;/h7H,1-6H2,(H,9,10);1H4;1H/i/hT. The molecule has 0 aromatic heterocycles. The molecule has 86 valence electrons. The quantitative estimate of drug-likeness (QED) is 0.592. The molecular weight excluding hydrogens is 223 g/mol. The summed E-state index contributed by atoms with van der Waals surface area (Å²) >= 11 is 0. The van der Waals surface area contributed by atoms with Crippen molar-refractivity contribution in [2.45, 2.75) is 44.8 Å². The van der Waals surface area contributed by atoms with Crippen LogP contribution in [-0.4, -0.2) is 23.5 Å². The third-order valence-electron chi connectivity index (χ3n) is 1.89. The fourth-order valence-electron chi connectivity index (χ4n) is 1.21. The van der Waals surface area contributed by atoms with Crippen LogP contribution in [0, 0.1) is 0 Å². The lowest BCUT2D eigenvalue weighted by Crippen LogP contribution is -1.99. The molecule has 0 aromatic rings. The maximum absolute atomic E-state index is 10.2. The van der Waals surface area contributed by atoms with Gasteiger partial charge in [0.25, 0.3) is 1.45 Å². The highest BCUT2D eigenvalue weighted by Gasteiger charge is 2.15. The Morgan fingerprint density at radius 3 is 2.79 bits per heavy atom. The molecule has 0 saturated carbocycles. The van der Waals surface area contributed by atoms with E-state index in [1.54, 1.807) is 0 Å². The second kappa shape index (κ2) is 9.65. The Morgan fingerprint density at radius 1 is 1.57 bits per heavy atom. The minimum Gasteiger partial charge on any atom is -0.481 e. The third-order valence-corrected chi connectivity index (χ3v) is 4.90. The topological polar surface area (TPSA) is 37.3 Å². The number of halogens is 1. The van der Waals surface area contributed by atoms with Crippen molar-refractivity contribution in [2.75, 3.05) is 5.75 Å². The lowest BCUT2D eigenvalue weighted by Gasteiger charge is -2.04. The molecule has 1 unspecified atom stereocenters. The maximum Gasteiger partial charge on any atom is 0.303 e. The van der Waals surface area contributed by atoms with Gasteiger partial charge in [-0.3, -0.25) is 9.51 Å². The smallest absolute Gasteiger partial charge is 0.303 e. The van der Waals surface area contributed by atoms with E-state index in [4.69, 9.17) is 9.82 Å². The molecule has 1 aliphatic heterocycles. The van der Waals surface area contributed by atoms with Crippen molar-refractivity contribution in [3.8, 4) is 0 Å². The molecule has 0 aliphatic carbocycles. The second-order valence-corrected chi connectivity index (χ2v) is 5.76. The van der Waals surface area contributed by atoms with Gasteiger partial charge >= 0.3 is 5.97 Å². The maximum atomic E-state index is 10.2. The molecule has 1 rings (SSSR count). The van der Waals surface area contributed by atoms with Gasteiger partial charge in [0, 0.05) is 17.4 Å². The first-order valence-electron chi connectivity index (χ1n) is 4.67. The van der Waals surface area contributed by atoms with E-state index in [9.17, 15) is 4.79 Å². The van der Waals surface area contributed by atoms with E-state index in [2.05, 4.69) is 1.45 Å². The molecule has 1 N–H and O–H groups in total. The van der Waals surface area contributed by atoms with Crippen LogP contribution >= 0.6 is 21.6 Å². The fraction of sp³-hybridized carbons (Fsp3) is 0.889. The zero-order valence-electron chi connectivity index (χ0n) is 8.37. The molecule has 2 nitrogen and oxygen atoms in total. The molecule has 0 amide bonds. The zero-order valence-corrected chi connectivity index (χ0v) is 9.00. The zero-order chi connectivity index (χ0) is 10.8. The van der Waals surface area contributed by atoms with Crippen LogP contribution in [0.5, 0.6) is 0 Å². The van der Waals surface area contributed by atoms with Crippen LogP contribution in [0.4, 0.5) is 4.72 Å². The molecule has 1 atom stereocenters. The van der Waals surface area contributed by atoms with Gasteiger partial charge in [-0.2, -0.15) is 0 Å². The van der Waals surface area contributed by atoms with E-state index in [1.165, 1.54) is 18.6 Å². The largest absolute Gasteiger partial charge is 0.481 e. The lowest BCUT2D eigenvalue weighted by atomic mass is 10.1. The van der Waals surface area contributed by atoms with E-state index >= 15 is 0 Å². The molecule has 14 heavy (non-hydrogen) atoms. The van der Waals surface area contributed by atoms with Gasteiger partial charge in [0.05, 0.1) is 0 Å². The van der Waals surface area contributed by atoms with Crippen LogP contribution in [0.15, 0.2) is 0 Å². The molecule has 1 fully saturated rings. The minimum atomic E-state index is -0.663. The molecule has 5 heteroatoms. The number of rotatable bonds is 5. The van der Waals surface area contributed by atoms with Gasteiger partial charge in [-0.15, -0.1) is 0 Å². The van der Waals surface area contributed by atoms with Crippen molar-refractivity contribution >= 4 is 27.6 Å². The summed E-state index contributed by atoms with van der Waals surface area (Å²) in [6.07, 6.45) is 4.76. The molecule has 1 saturated heterocycles. The summed E-state index contributed by atoms with van der Waals surface area (Å²) in [6.45, 7) is 0. The predicted molar refractivity (Wildman–Crippen MR) is 63.8 cm³/mol. The minimum absolute atomic E-state index is 0. The Labute approximate surface area is 94.5 Å².